The van der Waals surface area contributed by atoms with E-state index in [2.05, 4.69) is 84.0 Å². The summed E-state index contributed by atoms with van der Waals surface area (Å²) >= 11 is 0. The third kappa shape index (κ3) is 3.28. The Bertz CT molecular complexity index is 754. The molecule has 1 aliphatic carbocycles. The van der Waals surface area contributed by atoms with Crippen molar-refractivity contribution >= 4 is 12.2 Å². The third-order valence-electron chi connectivity index (χ3n) is 5.15. The van der Waals surface area contributed by atoms with Crippen LogP contribution >= 0.6 is 0 Å². The summed E-state index contributed by atoms with van der Waals surface area (Å²) in [7, 11) is 1.58. The van der Waals surface area contributed by atoms with Crippen molar-refractivity contribution in [3.63, 3.8) is 0 Å². The van der Waals surface area contributed by atoms with Crippen LogP contribution in [0.1, 0.15) is 58.8 Å². The van der Waals surface area contributed by atoms with Gasteiger partial charge in [0.1, 0.15) is 6.10 Å². The summed E-state index contributed by atoms with van der Waals surface area (Å²) in [6.45, 7) is 14.4. The highest BCUT2D eigenvalue weighted by atomic mass is 17.2. The molecule has 0 N–H and O–H groups in total. The summed E-state index contributed by atoms with van der Waals surface area (Å²) in [6, 6.07) is 15.3. The molecule has 2 aromatic rings. The second kappa shape index (κ2) is 6.30. The maximum Gasteiger partial charge on any atom is 0.186 e. The lowest BCUT2D eigenvalue weighted by Gasteiger charge is -2.38. The number of hydrogen-bond donors (Lipinski definition) is 0. The molecule has 132 valence electrons. The van der Waals surface area contributed by atoms with Gasteiger partial charge in [-0.3, -0.25) is 0 Å². The van der Waals surface area contributed by atoms with Gasteiger partial charge in [0.2, 0.25) is 0 Å². The standard InChI is InChI=1S/C22H29BO2/c1-21(2,3)23(22(4,5)6)15-12-13-17-16-10-8-9-11-18(16)20(25-24-7)19(17)14-15/h8-14,20H,1-7H3. The Labute approximate surface area is 152 Å². The molecule has 0 spiro atoms. The van der Waals surface area contributed by atoms with E-state index in [9.17, 15) is 0 Å². The summed E-state index contributed by atoms with van der Waals surface area (Å²) in [6.07, 6.45) is -0.156. The monoisotopic (exact) mass is 336 g/mol. The highest BCUT2D eigenvalue weighted by Gasteiger charge is 2.41. The maximum atomic E-state index is 5.66. The van der Waals surface area contributed by atoms with Gasteiger partial charge in [-0.15, -0.1) is 0 Å². The molecule has 0 saturated heterocycles. The molecule has 0 heterocycles. The van der Waals surface area contributed by atoms with Crippen molar-refractivity contribution in [2.24, 2.45) is 0 Å². The Morgan fingerprint density at radius 3 is 2.00 bits per heavy atom. The van der Waals surface area contributed by atoms with Crippen molar-refractivity contribution in [3.05, 3.63) is 53.6 Å². The van der Waals surface area contributed by atoms with E-state index in [-0.39, 0.29) is 16.7 Å². The molecule has 0 bridgehead atoms. The summed E-state index contributed by atoms with van der Waals surface area (Å²) in [5, 5.41) is 0.352. The van der Waals surface area contributed by atoms with Gasteiger partial charge in [0.15, 0.2) is 6.71 Å². The van der Waals surface area contributed by atoms with Crippen molar-refractivity contribution in [2.75, 3.05) is 7.11 Å². The van der Waals surface area contributed by atoms with Gasteiger partial charge in [-0.1, -0.05) is 100 Å². The second-order valence-electron chi connectivity index (χ2n) is 9.24. The van der Waals surface area contributed by atoms with E-state index in [1.807, 2.05) is 0 Å². The van der Waals surface area contributed by atoms with Crippen LogP contribution in [0, 0.1) is 0 Å². The molecule has 3 heteroatoms. The van der Waals surface area contributed by atoms with E-state index in [4.69, 9.17) is 9.78 Å². The Hall–Kier alpha value is -1.58. The quantitative estimate of drug-likeness (QED) is 0.410. The van der Waals surface area contributed by atoms with Crippen molar-refractivity contribution in [1.29, 1.82) is 0 Å². The van der Waals surface area contributed by atoms with E-state index in [1.54, 1.807) is 7.11 Å². The van der Waals surface area contributed by atoms with E-state index in [0.717, 1.165) is 0 Å². The van der Waals surface area contributed by atoms with Gasteiger partial charge in [0.25, 0.3) is 0 Å². The molecule has 2 nitrogen and oxygen atoms in total. The molecule has 1 unspecified atom stereocenters. The van der Waals surface area contributed by atoms with Crippen molar-refractivity contribution < 1.29 is 9.78 Å². The van der Waals surface area contributed by atoms with Crippen LogP contribution in [0.4, 0.5) is 0 Å². The topological polar surface area (TPSA) is 18.5 Å². The van der Waals surface area contributed by atoms with Gasteiger partial charge in [-0.25, -0.2) is 9.78 Å². The van der Waals surface area contributed by atoms with Crippen molar-refractivity contribution in [3.8, 4) is 11.1 Å². The first-order valence-corrected chi connectivity index (χ1v) is 9.07. The Kier molecular flexibility index (Phi) is 4.59. The van der Waals surface area contributed by atoms with Crippen molar-refractivity contribution in [2.45, 2.75) is 58.3 Å². The van der Waals surface area contributed by atoms with Crippen LogP contribution in [0.25, 0.3) is 11.1 Å². The molecule has 2 aromatic carbocycles. The molecular weight excluding hydrogens is 307 g/mol. The molecule has 1 aliphatic rings. The molecule has 1 atom stereocenters. The predicted octanol–water partition coefficient (Wildman–Crippen LogP) is 5.64. The van der Waals surface area contributed by atoms with Gasteiger partial charge in [0, 0.05) is 0 Å². The predicted molar refractivity (Wildman–Crippen MR) is 107 cm³/mol. The first-order chi connectivity index (χ1) is 11.6. The van der Waals surface area contributed by atoms with E-state index in [0.29, 0.717) is 6.71 Å². The average Bonchev–Trinajstić information content (AvgIpc) is 2.79. The summed E-state index contributed by atoms with van der Waals surface area (Å²) in [5.74, 6) is 0. The van der Waals surface area contributed by atoms with Gasteiger partial charge >= 0.3 is 0 Å². The van der Waals surface area contributed by atoms with Gasteiger partial charge < -0.3 is 0 Å². The number of rotatable bonds is 3. The highest BCUT2D eigenvalue weighted by molar-refractivity contribution is 6.78. The normalized spacial score (nSPS) is 16.5. The lowest BCUT2D eigenvalue weighted by Crippen LogP contribution is -2.46. The fourth-order valence-corrected chi connectivity index (χ4v) is 4.86. The second-order valence-corrected chi connectivity index (χ2v) is 9.24. The zero-order valence-corrected chi connectivity index (χ0v) is 16.5. The summed E-state index contributed by atoms with van der Waals surface area (Å²) in [5.41, 5.74) is 6.26. The Morgan fingerprint density at radius 2 is 1.40 bits per heavy atom. The number of hydrogen-bond acceptors (Lipinski definition) is 2. The molecule has 0 aromatic heterocycles. The third-order valence-corrected chi connectivity index (χ3v) is 5.15. The molecule has 25 heavy (non-hydrogen) atoms. The van der Waals surface area contributed by atoms with E-state index < -0.39 is 0 Å². The van der Waals surface area contributed by atoms with Crippen LogP contribution in [0.3, 0.4) is 0 Å². The zero-order valence-electron chi connectivity index (χ0n) is 16.5. The highest BCUT2D eigenvalue weighted by Crippen LogP contribution is 2.46. The van der Waals surface area contributed by atoms with E-state index >= 15 is 0 Å². The summed E-state index contributed by atoms with van der Waals surface area (Å²) in [4.78, 5) is 10.7. The smallest absolute Gasteiger partial charge is 0.186 e. The maximum absolute atomic E-state index is 5.66. The van der Waals surface area contributed by atoms with Crippen LogP contribution in [-0.2, 0) is 9.78 Å². The Balaban J connectivity index is 2.14. The summed E-state index contributed by atoms with van der Waals surface area (Å²) < 4.78 is 0. The van der Waals surface area contributed by atoms with Crippen LogP contribution in [0.15, 0.2) is 42.5 Å². The first kappa shape index (κ1) is 18.2. The number of benzene rings is 2. The fraction of sp³-hybridized carbons (Fsp3) is 0.455. The van der Waals surface area contributed by atoms with Gasteiger partial charge in [-0.2, -0.15) is 0 Å². The lowest BCUT2D eigenvalue weighted by molar-refractivity contribution is -0.297. The van der Waals surface area contributed by atoms with Crippen LogP contribution in [0.5, 0.6) is 0 Å². The molecule has 0 radical (unpaired) electrons. The SMILES string of the molecule is COOC1c2ccccc2-c2ccc(B(C(C)(C)C)C(C)(C)C)cc21. The molecular formula is C22H29BO2. The van der Waals surface area contributed by atoms with Crippen LogP contribution in [0.2, 0.25) is 10.6 Å². The first-order valence-electron chi connectivity index (χ1n) is 9.07. The molecule has 0 saturated carbocycles. The molecule has 3 rings (SSSR count). The molecule has 0 aliphatic heterocycles. The molecule has 0 fully saturated rings. The minimum atomic E-state index is -0.156. The van der Waals surface area contributed by atoms with Crippen LogP contribution < -0.4 is 5.46 Å². The van der Waals surface area contributed by atoms with Gasteiger partial charge in [0.05, 0.1) is 7.11 Å². The largest absolute Gasteiger partial charge is 0.239 e. The van der Waals surface area contributed by atoms with Gasteiger partial charge in [-0.05, 0) is 22.3 Å². The number of fused-ring (bicyclic) bond motifs is 3. The fourth-order valence-electron chi connectivity index (χ4n) is 4.86. The minimum Gasteiger partial charge on any atom is -0.239 e. The van der Waals surface area contributed by atoms with E-state index in [1.165, 1.54) is 27.7 Å². The Morgan fingerprint density at radius 1 is 0.800 bits per heavy atom. The minimum absolute atomic E-state index is 0.156. The van der Waals surface area contributed by atoms with Crippen LogP contribution in [-0.4, -0.2) is 13.8 Å². The van der Waals surface area contributed by atoms with Crippen molar-refractivity contribution in [1.82, 2.24) is 0 Å². The molecule has 0 amide bonds. The average molecular weight is 336 g/mol. The zero-order chi connectivity index (χ0) is 18.4. The lowest BCUT2D eigenvalue weighted by atomic mass is 9.21.